The summed E-state index contributed by atoms with van der Waals surface area (Å²) in [5.41, 5.74) is 7.24. The van der Waals surface area contributed by atoms with Gasteiger partial charge in [0.25, 0.3) is 0 Å². The van der Waals surface area contributed by atoms with Crippen molar-refractivity contribution >= 4 is 0 Å². The van der Waals surface area contributed by atoms with Crippen molar-refractivity contribution in [2.24, 2.45) is 11.7 Å². The first kappa shape index (κ1) is 11.6. The van der Waals surface area contributed by atoms with Gasteiger partial charge < -0.3 is 5.73 Å². The van der Waals surface area contributed by atoms with Gasteiger partial charge in [-0.2, -0.15) is 0 Å². The zero-order chi connectivity index (χ0) is 11.4. The minimum atomic E-state index is 0.348. The van der Waals surface area contributed by atoms with Gasteiger partial charge in [0.1, 0.15) is 0 Å². The van der Waals surface area contributed by atoms with Crippen molar-refractivity contribution < 1.29 is 0 Å². The molecule has 0 saturated carbocycles. The van der Waals surface area contributed by atoms with E-state index in [2.05, 4.69) is 22.9 Å². The van der Waals surface area contributed by atoms with Gasteiger partial charge in [-0.3, -0.25) is 9.88 Å². The maximum atomic E-state index is 5.94. The van der Waals surface area contributed by atoms with Crippen LogP contribution in [0, 0.1) is 5.92 Å². The number of rotatable bonds is 3. The molecular formula is C13H21N3. The van der Waals surface area contributed by atoms with Gasteiger partial charge in [-0.1, -0.05) is 6.07 Å². The van der Waals surface area contributed by atoms with Crippen LogP contribution in [0.2, 0.25) is 0 Å². The van der Waals surface area contributed by atoms with Crippen LogP contribution in [0.3, 0.4) is 0 Å². The van der Waals surface area contributed by atoms with Crippen LogP contribution >= 0.6 is 0 Å². The number of pyridine rings is 1. The summed E-state index contributed by atoms with van der Waals surface area (Å²) in [6, 6.07) is 4.50. The predicted molar refractivity (Wildman–Crippen MR) is 65.9 cm³/mol. The monoisotopic (exact) mass is 219 g/mol. The Hall–Kier alpha value is -0.930. The number of piperidine rings is 1. The van der Waals surface area contributed by atoms with Crippen LogP contribution in [0.5, 0.6) is 0 Å². The Bertz CT molecular complexity index is 302. The Labute approximate surface area is 97.7 Å². The van der Waals surface area contributed by atoms with Crippen LogP contribution in [-0.4, -0.2) is 29.0 Å². The third-order valence-corrected chi connectivity index (χ3v) is 3.50. The minimum Gasteiger partial charge on any atom is -0.328 e. The molecule has 88 valence electrons. The van der Waals surface area contributed by atoms with Crippen molar-refractivity contribution in [3.63, 3.8) is 0 Å². The summed E-state index contributed by atoms with van der Waals surface area (Å²) >= 11 is 0. The zero-order valence-corrected chi connectivity index (χ0v) is 9.97. The lowest BCUT2D eigenvalue weighted by Crippen LogP contribution is -2.39. The first-order valence-corrected chi connectivity index (χ1v) is 6.12. The Morgan fingerprint density at radius 2 is 2.25 bits per heavy atom. The van der Waals surface area contributed by atoms with E-state index in [4.69, 9.17) is 5.73 Å². The Morgan fingerprint density at radius 1 is 1.50 bits per heavy atom. The smallest absolute Gasteiger partial charge is 0.0312 e. The van der Waals surface area contributed by atoms with Crippen LogP contribution in [-0.2, 0) is 6.54 Å². The van der Waals surface area contributed by atoms with E-state index in [1.54, 1.807) is 0 Å². The normalized spacial score (nSPS) is 20.9. The third kappa shape index (κ3) is 3.03. The highest BCUT2D eigenvalue weighted by Gasteiger charge is 2.21. The van der Waals surface area contributed by atoms with Crippen molar-refractivity contribution in [2.45, 2.75) is 32.4 Å². The largest absolute Gasteiger partial charge is 0.328 e. The summed E-state index contributed by atoms with van der Waals surface area (Å²) in [5.74, 6) is 0.713. The highest BCUT2D eigenvalue weighted by atomic mass is 15.1. The van der Waals surface area contributed by atoms with Gasteiger partial charge in [-0.25, -0.2) is 0 Å². The first-order chi connectivity index (χ1) is 7.75. The molecule has 0 aliphatic carbocycles. The molecule has 0 aromatic carbocycles. The lowest BCUT2D eigenvalue weighted by molar-refractivity contribution is 0.165. The number of hydrogen-bond acceptors (Lipinski definition) is 3. The number of likely N-dealkylation sites (tertiary alicyclic amines) is 1. The lowest BCUT2D eigenvalue weighted by Gasteiger charge is -2.33. The topological polar surface area (TPSA) is 42.1 Å². The molecule has 2 heterocycles. The first-order valence-electron chi connectivity index (χ1n) is 6.12. The number of hydrogen-bond donors (Lipinski definition) is 1. The molecule has 2 rings (SSSR count). The molecule has 1 aromatic rings. The second-order valence-corrected chi connectivity index (χ2v) is 4.83. The summed E-state index contributed by atoms with van der Waals surface area (Å²) in [5, 5.41) is 0. The number of nitrogens with two attached hydrogens (primary N) is 1. The molecule has 0 spiro atoms. The van der Waals surface area contributed by atoms with E-state index in [0.717, 1.165) is 6.54 Å². The van der Waals surface area contributed by atoms with Crippen molar-refractivity contribution in [1.82, 2.24) is 9.88 Å². The highest BCUT2D eigenvalue weighted by molar-refractivity contribution is 5.08. The second kappa shape index (κ2) is 5.41. The van der Waals surface area contributed by atoms with Gasteiger partial charge in [-0.15, -0.1) is 0 Å². The SMILES string of the molecule is CC(N)C1CCN(Cc2cccnc2)CC1. The molecule has 0 bridgehead atoms. The van der Waals surface area contributed by atoms with Gasteiger partial charge in [0.15, 0.2) is 0 Å². The highest BCUT2D eigenvalue weighted by Crippen LogP contribution is 2.20. The molecule has 1 aliphatic rings. The van der Waals surface area contributed by atoms with Crippen LogP contribution in [0.1, 0.15) is 25.3 Å². The van der Waals surface area contributed by atoms with E-state index in [-0.39, 0.29) is 0 Å². The van der Waals surface area contributed by atoms with Gasteiger partial charge in [0.2, 0.25) is 0 Å². The van der Waals surface area contributed by atoms with Crippen molar-refractivity contribution in [1.29, 1.82) is 0 Å². The third-order valence-electron chi connectivity index (χ3n) is 3.50. The number of nitrogens with zero attached hydrogens (tertiary/aromatic N) is 2. The van der Waals surface area contributed by atoms with E-state index in [1.165, 1.54) is 31.5 Å². The van der Waals surface area contributed by atoms with E-state index < -0.39 is 0 Å². The molecule has 0 amide bonds. The maximum Gasteiger partial charge on any atom is 0.0312 e. The maximum absolute atomic E-state index is 5.94. The fourth-order valence-corrected chi connectivity index (χ4v) is 2.39. The molecule has 1 unspecified atom stereocenters. The Morgan fingerprint density at radius 3 is 2.81 bits per heavy atom. The molecule has 1 aliphatic heterocycles. The average Bonchev–Trinajstić information content (AvgIpc) is 2.31. The van der Waals surface area contributed by atoms with E-state index in [1.807, 2.05) is 18.5 Å². The quantitative estimate of drug-likeness (QED) is 0.840. The second-order valence-electron chi connectivity index (χ2n) is 4.83. The summed E-state index contributed by atoms with van der Waals surface area (Å²) in [4.78, 5) is 6.64. The fraction of sp³-hybridized carbons (Fsp3) is 0.615. The van der Waals surface area contributed by atoms with Crippen LogP contribution in [0.15, 0.2) is 24.5 Å². The molecular weight excluding hydrogens is 198 g/mol. The molecule has 16 heavy (non-hydrogen) atoms. The molecule has 1 atom stereocenters. The Balaban J connectivity index is 1.82. The molecule has 2 N–H and O–H groups in total. The van der Waals surface area contributed by atoms with E-state index >= 15 is 0 Å². The predicted octanol–water partition coefficient (Wildman–Crippen LogP) is 1.64. The van der Waals surface area contributed by atoms with Gasteiger partial charge in [0.05, 0.1) is 0 Å². The lowest BCUT2D eigenvalue weighted by atomic mass is 9.91. The van der Waals surface area contributed by atoms with Crippen LogP contribution < -0.4 is 5.73 Å². The molecule has 1 aromatic heterocycles. The molecule has 1 fully saturated rings. The summed E-state index contributed by atoms with van der Waals surface area (Å²) in [6.45, 7) is 5.49. The van der Waals surface area contributed by atoms with Gasteiger partial charge >= 0.3 is 0 Å². The summed E-state index contributed by atoms with van der Waals surface area (Å²) in [7, 11) is 0. The Kier molecular flexibility index (Phi) is 3.91. The average molecular weight is 219 g/mol. The molecule has 3 nitrogen and oxygen atoms in total. The van der Waals surface area contributed by atoms with Crippen LogP contribution in [0.25, 0.3) is 0 Å². The molecule has 3 heteroatoms. The molecule has 0 radical (unpaired) electrons. The fourth-order valence-electron chi connectivity index (χ4n) is 2.39. The van der Waals surface area contributed by atoms with Crippen molar-refractivity contribution in [2.75, 3.05) is 13.1 Å². The molecule has 1 saturated heterocycles. The van der Waals surface area contributed by atoms with Gasteiger partial charge in [-0.05, 0) is 50.4 Å². The van der Waals surface area contributed by atoms with Gasteiger partial charge in [0, 0.05) is 25.0 Å². The number of aromatic nitrogens is 1. The minimum absolute atomic E-state index is 0.348. The summed E-state index contributed by atoms with van der Waals surface area (Å²) < 4.78 is 0. The zero-order valence-electron chi connectivity index (χ0n) is 9.97. The van der Waals surface area contributed by atoms with E-state index in [9.17, 15) is 0 Å². The summed E-state index contributed by atoms with van der Waals surface area (Å²) in [6.07, 6.45) is 6.25. The van der Waals surface area contributed by atoms with Crippen LogP contribution in [0.4, 0.5) is 0 Å². The van der Waals surface area contributed by atoms with Crippen molar-refractivity contribution in [3.8, 4) is 0 Å². The standard InChI is InChI=1S/C13H21N3/c1-11(14)13-4-7-16(8-5-13)10-12-3-2-6-15-9-12/h2-3,6,9,11,13H,4-5,7-8,10,14H2,1H3. The van der Waals surface area contributed by atoms with Crippen molar-refractivity contribution in [3.05, 3.63) is 30.1 Å². The van der Waals surface area contributed by atoms with E-state index in [0.29, 0.717) is 12.0 Å².